The Labute approximate surface area is 122 Å². The van der Waals surface area contributed by atoms with Crippen molar-refractivity contribution >= 4 is 0 Å². The van der Waals surface area contributed by atoms with Crippen molar-refractivity contribution in [1.82, 2.24) is 15.1 Å². The number of hydrogen-bond acceptors (Lipinski definition) is 3. The lowest BCUT2D eigenvalue weighted by Crippen LogP contribution is -2.30. The van der Waals surface area contributed by atoms with Gasteiger partial charge in [-0.15, -0.1) is 0 Å². The van der Waals surface area contributed by atoms with Crippen LogP contribution >= 0.6 is 0 Å². The molecule has 1 aromatic rings. The molecule has 0 bridgehead atoms. The van der Waals surface area contributed by atoms with Crippen molar-refractivity contribution in [2.45, 2.75) is 58.5 Å². The fourth-order valence-corrected chi connectivity index (χ4v) is 3.45. The molecule has 1 aromatic heterocycles. The van der Waals surface area contributed by atoms with E-state index in [1.54, 1.807) is 7.11 Å². The van der Waals surface area contributed by atoms with Gasteiger partial charge in [0.05, 0.1) is 25.0 Å². The zero-order valence-corrected chi connectivity index (χ0v) is 13.4. The van der Waals surface area contributed by atoms with Gasteiger partial charge in [-0.1, -0.05) is 26.7 Å². The molecule has 0 radical (unpaired) electrons. The molecule has 1 N–H and O–H groups in total. The zero-order chi connectivity index (χ0) is 14.5. The van der Waals surface area contributed by atoms with Crippen LogP contribution in [-0.4, -0.2) is 23.9 Å². The molecule has 0 aromatic carbocycles. The summed E-state index contributed by atoms with van der Waals surface area (Å²) in [7, 11) is 3.80. The molecule has 114 valence electrons. The highest BCUT2D eigenvalue weighted by molar-refractivity contribution is 5.29. The van der Waals surface area contributed by atoms with Crippen molar-refractivity contribution in [3.05, 3.63) is 11.9 Å². The third-order valence-electron chi connectivity index (χ3n) is 4.64. The van der Waals surface area contributed by atoms with Crippen LogP contribution in [0.4, 0.5) is 0 Å². The van der Waals surface area contributed by atoms with E-state index in [1.165, 1.54) is 31.4 Å². The largest absolute Gasteiger partial charge is 0.493 e. The summed E-state index contributed by atoms with van der Waals surface area (Å²) in [6, 6.07) is 0.353. The van der Waals surface area contributed by atoms with E-state index in [9.17, 15) is 0 Å². The van der Waals surface area contributed by atoms with Crippen LogP contribution in [0.1, 0.15) is 57.7 Å². The lowest BCUT2D eigenvalue weighted by Gasteiger charge is -2.33. The van der Waals surface area contributed by atoms with E-state index >= 15 is 0 Å². The first kappa shape index (κ1) is 15.4. The molecule has 1 heterocycles. The van der Waals surface area contributed by atoms with Gasteiger partial charge in [0.25, 0.3) is 0 Å². The minimum absolute atomic E-state index is 0.353. The van der Waals surface area contributed by atoms with E-state index in [2.05, 4.69) is 36.0 Å². The van der Waals surface area contributed by atoms with Crippen molar-refractivity contribution in [3.63, 3.8) is 0 Å². The van der Waals surface area contributed by atoms with Crippen molar-refractivity contribution in [3.8, 4) is 5.75 Å². The van der Waals surface area contributed by atoms with Crippen LogP contribution in [0.2, 0.25) is 0 Å². The van der Waals surface area contributed by atoms with Crippen molar-refractivity contribution in [2.75, 3.05) is 14.2 Å². The molecule has 0 spiro atoms. The van der Waals surface area contributed by atoms with Crippen LogP contribution in [0.5, 0.6) is 5.75 Å². The predicted octanol–water partition coefficient (Wildman–Crippen LogP) is 3.39. The van der Waals surface area contributed by atoms with Gasteiger partial charge in [-0.2, -0.15) is 5.10 Å². The number of rotatable bonds is 6. The number of aryl methyl sites for hydroxylation is 1. The summed E-state index contributed by atoms with van der Waals surface area (Å²) in [5.74, 6) is 2.50. The van der Waals surface area contributed by atoms with Crippen molar-refractivity contribution < 1.29 is 4.74 Å². The van der Waals surface area contributed by atoms with Crippen molar-refractivity contribution in [1.29, 1.82) is 0 Å². The fraction of sp³-hybridized carbons (Fsp3) is 0.812. The Morgan fingerprint density at radius 2 is 2.10 bits per heavy atom. The molecule has 1 saturated carbocycles. The second-order valence-electron chi connectivity index (χ2n) is 6.11. The minimum Gasteiger partial charge on any atom is -0.493 e. The molecule has 4 nitrogen and oxygen atoms in total. The molecule has 1 fully saturated rings. The number of methoxy groups -OCH3 is 1. The monoisotopic (exact) mass is 279 g/mol. The highest BCUT2D eigenvalue weighted by Crippen LogP contribution is 2.39. The maximum atomic E-state index is 5.54. The van der Waals surface area contributed by atoms with Crippen LogP contribution in [0.3, 0.4) is 0 Å². The maximum Gasteiger partial charge on any atom is 0.161 e. The first-order chi connectivity index (χ1) is 9.71. The number of ether oxygens (including phenoxy) is 1. The summed E-state index contributed by atoms with van der Waals surface area (Å²) in [5.41, 5.74) is 1.23. The predicted molar refractivity (Wildman–Crippen MR) is 82.0 cm³/mol. The Bertz CT molecular complexity index is 408. The second-order valence-corrected chi connectivity index (χ2v) is 6.11. The number of aromatic nitrogens is 2. The summed E-state index contributed by atoms with van der Waals surface area (Å²) in [6.45, 7) is 5.52. The topological polar surface area (TPSA) is 39.1 Å². The Morgan fingerprint density at radius 3 is 2.65 bits per heavy atom. The van der Waals surface area contributed by atoms with Crippen LogP contribution in [0, 0.1) is 11.8 Å². The fourth-order valence-electron chi connectivity index (χ4n) is 3.45. The van der Waals surface area contributed by atoms with E-state index in [0.29, 0.717) is 12.0 Å². The summed E-state index contributed by atoms with van der Waals surface area (Å²) in [5, 5.41) is 8.03. The van der Waals surface area contributed by atoms with Crippen LogP contribution < -0.4 is 10.1 Å². The average Bonchev–Trinajstić information content (AvgIpc) is 2.85. The SMILES string of the molecule is CCCn1ncc(OC)c1C(NC)C1CCC(C)CC1. The molecule has 1 aliphatic carbocycles. The zero-order valence-electron chi connectivity index (χ0n) is 13.4. The Hall–Kier alpha value is -1.03. The van der Waals surface area contributed by atoms with Gasteiger partial charge in [0.1, 0.15) is 0 Å². The lowest BCUT2D eigenvalue weighted by molar-refractivity contribution is 0.227. The molecule has 20 heavy (non-hydrogen) atoms. The lowest BCUT2D eigenvalue weighted by atomic mass is 9.78. The van der Waals surface area contributed by atoms with Gasteiger partial charge in [-0.05, 0) is 38.1 Å². The molecule has 1 unspecified atom stereocenters. The molecular formula is C16H29N3O. The number of nitrogens with zero attached hydrogens (tertiary/aromatic N) is 2. The summed E-state index contributed by atoms with van der Waals surface area (Å²) in [4.78, 5) is 0. The quantitative estimate of drug-likeness (QED) is 0.867. The van der Waals surface area contributed by atoms with E-state index in [4.69, 9.17) is 4.74 Å². The third kappa shape index (κ3) is 3.17. The van der Waals surface area contributed by atoms with Crippen LogP contribution in [0.25, 0.3) is 0 Å². The molecule has 0 aliphatic heterocycles. The highest BCUT2D eigenvalue weighted by atomic mass is 16.5. The van der Waals surface area contributed by atoms with E-state index in [0.717, 1.165) is 24.6 Å². The van der Waals surface area contributed by atoms with Gasteiger partial charge < -0.3 is 10.1 Å². The van der Waals surface area contributed by atoms with E-state index in [1.807, 2.05) is 6.20 Å². The normalized spacial score (nSPS) is 24.6. The Kier molecular flexibility index (Phi) is 5.46. The minimum atomic E-state index is 0.353. The van der Waals surface area contributed by atoms with Crippen LogP contribution in [0.15, 0.2) is 6.20 Å². The molecule has 4 heteroatoms. The highest BCUT2D eigenvalue weighted by Gasteiger charge is 2.30. The molecule has 1 aliphatic rings. The first-order valence-corrected chi connectivity index (χ1v) is 7.98. The van der Waals surface area contributed by atoms with Crippen LogP contribution in [-0.2, 0) is 6.54 Å². The molecule has 0 saturated heterocycles. The Balaban J connectivity index is 2.23. The second kappa shape index (κ2) is 7.11. The smallest absolute Gasteiger partial charge is 0.161 e. The average molecular weight is 279 g/mol. The molecule has 0 amide bonds. The number of nitrogens with one attached hydrogen (secondary N) is 1. The summed E-state index contributed by atoms with van der Waals surface area (Å²) < 4.78 is 7.67. The van der Waals surface area contributed by atoms with Crippen molar-refractivity contribution in [2.24, 2.45) is 11.8 Å². The van der Waals surface area contributed by atoms with Gasteiger partial charge in [0.15, 0.2) is 5.75 Å². The summed E-state index contributed by atoms with van der Waals surface area (Å²) in [6.07, 6.45) is 8.23. The van der Waals surface area contributed by atoms with Gasteiger partial charge in [-0.25, -0.2) is 0 Å². The Morgan fingerprint density at radius 1 is 1.40 bits per heavy atom. The first-order valence-electron chi connectivity index (χ1n) is 7.98. The molecule has 1 atom stereocenters. The van der Waals surface area contributed by atoms with Gasteiger partial charge >= 0.3 is 0 Å². The standard InChI is InChI=1S/C16H29N3O/c1-5-10-19-16(14(20-4)11-18-19)15(17-3)13-8-6-12(2)7-9-13/h11-13,15,17H,5-10H2,1-4H3. The van der Waals surface area contributed by atoms with E-state index in [-0.39, 0.29) is 0 Å². The maximum absolute atomic E-state index is 5.54. The molecular weight excluding hydrogens is 250 g/mol. The van der Waals surface area contributed by atoms with Gasteiger partial charge in [0, 0.05) is 6.54 Å². The summed E-state index contributed by atoms with van der Waals surface area (Å²) >= 11 is 0. The number of hydrogen-bond donors (Lipinski definition) is 1. The van der Waals surface area contributed by atoms with E-state index < -0.39 is 0 Å². The van der Waals surface area contributed by atoms with Gasteiger partial charge in [0.2, 0.25) is 0 Å². The van der Waals surface area contributed by atoms with Gasteiger partial charge in [-0.3, -0.25) is 4.68 Å². The molecule has 2 rings (SSSR count). The third-order valence-corrected chi connectivity index (χ3v) is 4.64.